The Balaban J connectivity index is 0.00000162. The summed E-state index contributed by atoms with van der Waals surface area (Å²) in [6, 6.07) is -0.334. The second kappa shape index (κ2) is 5.45. The van der Waals surface area contributed by atoms with Gasteiger partial charge in [0.05, 0.1) is 0 Å². The SMILES string of the molecule is CC(C)N1C(=O)NC(C)(C2CCCNC2)C1=O.Cl. The molecule has 2 unspecified atom stereocenters. The number of urea groups is 1. The molecule has 0 radical (unpaired) electrons. The topological polar surface area (TPSA) is 61.4 Å². The van der Waals surface area contributed by atoms with Crippen molar-refractivity contribution in [1.29, 1.82) is 0 Å². The van der Waals surface area contributed by atoms with Crippen molar-refractivity contribution < 1.29 is 9.59 Å². The van der Waals surface area contributed by atoms with Gasteiger partial charge in [0, 0.05) is 18.5 Å². The van der Waals surface area contributed by atoms with E-state index in [0.29, 0.717) is 0 Å². The van der Waals surface area contributed by atoms with E-state index in [1.807, 2.05) is 20.8 Å². The molecule has 2 aliphatic rings. The van der Waals surface area contributed by atoms with Gasteiger partial charge in [-0.15, -0.1) is 12.4 Å². The Bertz CT molecular complexity index is 342. The summed E-state index contributed by atoms with van der Waals surface area (Å²) in [6.45, 7) is 7.38. The second-order valence-electron chi connectivity index (χ2n) is 5.44. The molecule has 0 bridgehead atoms. The molecule has 3 amide bonds. The van der Waals surface area contributed by atoms with Crippen LogP contribution in [0.15, 0.2) is 0 Å². The third-order valence-corrected chi connectivity index (χ3v) is 3.88. The molecule has 2 heterocycles. The smallest absolute Gasteiger partial charge is 0.323 e. The highest BCUT2D eigenvalue weighted by atomic mass is 35.5. The Morgan fingerprint density at radius 1 is 1.39 bits per heavy atom. The van der Waals surface area contributed by atoms with Gasteiger partial charge in [-0.3, -0.25) is 9.69 Å². The molecule has 0 aromatic rings. The van der Waals surface area contributed by atoms with Gasteiger partial charge < -0.3 is 10.6 Å². The fourth-order valence-electron chi connectivity index (χ4n) is 2.77. The number of imide groups is 1. The minimum atomic E-state index is -0.727. The van der Waals surface area contributed by atoms with Crippen LogP contribution in [0.1, 0.15) is 33.6 Å². The van der Waals surface area contributed by atoms with Crippen molar-refractivity contribution in [1.82, 2.24) is 15.5 Å². The van der Waals surface area contributed by atoms with E-state index in [9.17, 15) is 9.59 Å². The monoisotopic (exact) mass is 275 g/mol. The summed E-state index contributed by atoms with van der Waals surface area (Å²) in [6.07, 6.45) is 2.05. The van der Waals surface area contributed by atoms with Crippen molar-refractivity contribution in [3.8, 4) is 0 Å². The third kappa shape index (κ3) is 2.34. The lowest BCUT2D eigenvalue weighted by atomic mass is 9.80. The summed E-state index contributed by atoms with van der Waals surface area (Å²) in [7, 11) is 0. The maximum absolute atomic E-state index is 12.4. The van der Waals surface area contributed by atoms with Crippen molar-refractivity contribution in [3.63, 3.8) is 0 Å². The van der Waals surface area contributed by atoms with Gasteiger partial charge in [0.1, 0.15) is 5.54 Å². The summed E-state index contributed by atoms with van der Waals surface area (Å²) < 4.78 is 0. The molecule has 104 valence electrons. The molecule has 0 aromatic carbocycles. The van der Waals surface area contributed by atoms with Crippen molar-refractivity contribution >= 4 is 24.3 Å². The van der Waals surface area contributed by atoms with Crippen LogP contribution in [-0.2, 0) is 4.79 Å². The van der Waals surface area contributed by atoms with Crippen LogP contribution in [0.25, 0.3) is 0 Å². The van der Waals surface area contributed by atoms with E-state index in [0.717, 1.165) is 25.9 Å². The van der Waals surface area contributed by atoms with E-state index in [2.05, 4.69) is 10.6 Å². The largest absolute Gasteiger partial charge is 0.325 e. The van der Waals surface area contributed by atoms with Gasteiger partial charge in [-0.25, -0.2) is 4.79 Å². The van der Waals surface area contributed by atoms with Crippen molar-refractivity contribution in [2.75, 3.05) is 13.1 Å². The first-order chi connectivity index (χ1) is 7.97. The fraction of sp³-hybridized carbons (Fsp3) is 0.833. The average molecular weight is 276 g/mol. The number of rotatable bonds is 2. The van der Waals surface area contributed by atoms with Crippen LogP contribution in [0.5, 0.6) is 0 Å². The number of carbonyl (C=O) groups excluding carboxylic acids is 2. The molecule has 5 nitrogen and oxygen atoms in total. The van der Waals surface area contributed by atoms with Gasteiger partial charge >= 0.3 is 6.03 Å². The predicted octanol–water partition coefficient (Wildman–Crippen LogP) is 1.13. The van der Waals surface area contributed by atoms with Gasteiger partial charge in [-0.2, -0.15) is 0 Å². The van der Waals surface area contributed by atoms with Gasteiger partial charge in [0.15, 0.2) is 0 Å². The first-order valence-corrected chi connectivity index (χ1v) is 6.33. The van der Waals surface area contributed by atoms with E-state index >= 15 is 0 Å². The number of hydrogen-bond donors (Lipinski definition) is 2. The van der Waals surface area contributed by atoms with Crippen molar-refractivity contribution in [2.24, 2.45) is 5.92 Å². The van der Waals surface area contributed by atoms with Gasteiger partial charge in [0.25, 0.3) is 5.91 Å². The number of nitrogens with one attached hydrogen (secondary N) is 2. The Hall–Kier alpha value is -0.810. The molecule has 0 aromatic heterocycles. The molecule has 2 saturated heterocycles. The molecule has 6 heteroatoms. The zero-order valence-electron chi connectivity index (χ0n) is 11.2. The maximum atomic E-state index is 12.4. The van der Waals surface area contributed by atoms with Gasteiger partial charge in [-0.05, 0) is 40.2 Å². The molecule has 0 spiro atoms. The number of nitrogens with zero attached hydrogens (tertiary/aromatic N) is 1. The Kier molecular flexibility index (Phi) is 4.61. The molecule has 2 aliphatic heterocycles. The minimum Gasteiger partial charge on any atom is -0.323 e. The molecule has 18 heavy (non-hydrogen) atoms. The van der Waals surface area contributed by atoms with Crippen LogP contribution >= 0.6 is 12.4 Å². The fourth-order valence-corrected chi connectivity index (χ4v) is 2.77. The molecule has 2 fully saturated rings. The standard InChI is InChI=1S/C12H21N3O2.ClH/c1-8(2)15-10(16)12(3,14-11(15)17)9-5-4-6-13-7-9;/h8-9,13H,4-7H2,1-3H3,(H,14,17);1H. The quantitative estimate of drug-likeness (QED) is 0.743. The van der Waals surface area contributed by atoms with E-state index in [1.54, 1.807) is 0 Å². The molecule has 0 aliphatic carbocycles. The summed E-state index contributed by atoms with van der Waals surface area (Å²) >= 11 is 0. The van der Waals surface area contributed by atoms with Crippen LogP contribution in [-0.4, -0.2) is 41.5 Å². The number of hydrogen-bond acceptors (Lipinski definition) is 3. The highest BCUT2D eigenvalue weighted by Gasteiger charge is 2.52. The van der Waals surface area contributed by atoms with Gasteiger partial charge in [0.2, 0.25) is 0 Å². The zero-order chi connectivity index (χ0) is 12.6. The summed E-state index contributed by atoms with van der Waals surface area (Å²) in [4.78, 5) is 25.6. The lowest BCUT2D eigenvalue weighted by Gasteiger charge is -2.35. The predicted molar refractivity (Wildman–Crippen MR) is 71.8 cm³/mol. The number of carbonyl (C=O) groups is 2. The minimum absolute atomic E-state index is 0. The first kappa shape index (κ1) is 15.2. The molecular formula is C12H22ClN3O2. The van der Waals surface area contributed by atoms with Crippen LogP contribution in [0, 0.1) is 5.92 Å². The highest BCUT2D eigenvalue weighted by molar-refractivity contribution is 6.07. The van der Waals surface area contributed by atoms with E-state index in [-0.39, 0.29) is 36.3 Å². The molecule has 2 N–H and O–H groups in total. The normalized spacial score (nSPS) is 32.4. The Morgan fingerprint density at radius 2 is 2.06 bits per heavy atom. The van der Waals surface area contributed by atoms with Crippen LogP contribution in [0.3, 0.4) is 0 Å². The lowest BCUT2D eigenvalue weighted by Crippen LogP contribution is -2.55. The lowest BCUT2D eigenvalue weighted by molar-refractivity contribution is -0.133. The van der Waals surface area contributed by atoms with Crippen LogP contribution < -0.4 is 10.6 Å². The van der Waals surface area contributed by atoms with Crippen molar-refractivity contribution in [3.05, 3.63) is 0 Å². The van der Waals surface area contributed by atoms with E-state index < -0.39 is 5.54 Å². The maximum Gasteiger partial charge on any atom is 0.325 e. The number of amides is 3. The molecule has 0 saturated carbocycles. The van der Waals surface area contributed by atoms with Crippen LogP contribution in [0.2, 0.25) is 0 Å². The zero-order valence-corrected chi connectivity index (χ0v) is 12.0. The van der Waals surface area contributed by atoms with Gasteiger partial charge in [-0.1, -0.05) is 0 Å². The average Bonchev–Trinajstić information content (AvgIpc) is 2.52. The third-order valence-electron chi connectivity index (χ3n) is 3.88. The highest BCUT2D eigenvalue weighted by Crippen LogP contribution is 2.31. The number of halogens is 1. The Labute approximate surface area is 114 Å². The first-order valence-electron chi connectivity index (χ1n) is 6.33. The van der Waals surface area contributed by atoms with E-state index in [1.165, 1.54) is 4.90 Å². The van der Waals surface area contributed by atoms with Crippen LogP contribution in [0.4, 0.5) is 4.79 Å². The summed E-state index contributed by atoms with van der Waals surface area (Å²) in [5.41, 5.74) is -0.727. The second-order valence-corrected chi connectivity index (χ2v) is 5.44. The molecular weight excluding hydrogens is 254 g/mol. The number of piperidine rings is 1. The summed E-state index contributed by atoms with van der Waals surface area (Å²) in [5.74, 6) is 0.114. The van der Waals surface area contributed by atoms with E-state index in [4.69, 9.17) is 0 Å². The molecule has 2 atom stereocenters. The van der Waals surface area contributed by atoms with Crippen molar-refractivity contribution in [2.45, 2.75) is 45.2 Å². The molecule has 2 rings (SSSR count). The Morgan fingerprint density at radius 3 is 2.50 bits per heavy atom. The summed E-state index contributed by atoms with van der Waals surface area (Å²) in [5, 5.41) is 6.17.